The Morgan fingerprint density at radius 2 is 1.11 bits per heavy atom. The number of benzene rings is 2. The first kappa shape index (κ1) is 56.4. The minimum Gasteiger partial charge on any atom is -0.406 e. The third-order valence-electron chi connectivity index (χ3n) is 11.4. The first-order valence-corrected chi connectivity index (χ1v) is 23.6. The molecule has 400 valence electrons. The van der Waals surface area contributed by atoms with Crippen molar-refractivity contribution in [2.45, 2.75) is 111 Å². The van der Waals surface area contributed by atoms with E-state index in [1.807, 2.05) is 32.9 Å². The van der Waals surface area contributed by atoms with E-state index < -0.39 is 41.3 Å². The van der Waals surface area contributed by atoms with E-state index in [1.165, 1.54) is 59.6 Å². The summed E-state index contributed by atoms with van der Waals surface area (Å²) in [5, 5.41) is 18.2. The summed E-state index contributed by atoms with van der Waals surface area (Å²) in [6, 6.07) is 18.4. The third kappa shape index (κ3) is 15.1. The van der Waals surface area contributed by atoms with Crippen LogP contribution < -0.4 is 32.0 Å². The van der Waals surface area contributed by atoms with Crippen LogP contribution in [0.2, 0.25) is 0 Å². The highest BCUT2D eigenvalue weighted by atomic mass is 19.4. The number of nitrogens with one attached hydrogen (secondary N) is 1. The second kappa shape index (κ2) is 24.0. The molecular weight excluding hydrogens is 995 g/mol. The van der Waals surface area contributed by atoms with Crippen LogP contribution in [0, 0.1) is 13.8 Å². The molecule has 24 heteroatoms. The van der Waals surface area contributed by atoms with Crippen LogP contribution in [0.4, 0.5) is 26.3 Å². The van der Waals surface area contributed by atoms with E-state index in [9.17, 15) is 50.6 Å². The number of aromatic nitrogens is 10. The lowest BCUT2D eigenvalue weighted by atomic mass is 10.1. The molecule has 0 saturated heterocycles. The summed E-state index contributed by atoms with van der Waals surface area (Å²) in [5.41, 5.74) is 2.42. The maximum absolute atomic E-state index is 13.5. The lowest BCUT2D eigenvalue weighted by Crippen LogP contribution is -2.40. The summed E-state index contributed by atoms with van der Waals surface area (Å²) in [5.74, 6) is 0.0176. The Hall–Kier alpha value is -7.86. The van der Waals surface area contributed by atoms with Crippen LogP contribution in [0.25, 0.3) is 22.3 Å². The Bertz CT molecular complexity index is 3480. The first-order valence-electron chi connectivity index (χ1n) is 23.6. The predicted octanol–water partition coefficient (Wildman–Crippen LogP) is 6.74. The highest BCUT2D eigenvalue weighted by Gasteiger charge is 2.32. The van der Waals surface area contributed by atoms with E-state index in [1.54, 1.807) is 52.7 Å². The number of ether oxygens (including phenoxy) is 2. The number of aromatic amines is 1. The van der Waals surface area contributed by atoms with E-state index in [0.29, 0.717) is 34.2 Å². The molecule has 0 aliphatic carbocycles. The predicted molar refractivity (Wildman–Crippen MR) is 266 cm³/mol. The van der Waals surface area contributed by atoms with Gasteiger partial charge in [0.1, 0.15) is 23.1 Å². The molecule has 75 heavy (non-hydrogen) atoms. The highest BCUT2D eigenvalue weighted by Crippen LogP contribution is 2.27. The van der Waals surface area contributed by atoms with Gasteiger partial charge in [0, 0.05) is 45.9 Å². The van der Waals surface area contributed by atoms with Gasteiger partial charge in [0.25, 0.3) is 11.1 Å². The maximum Gasteiger partial charge on any atom is 0.573 e. The molecule has 0 radical (unpaired) electrons. The van der Waals surface area contributed by atoms with Crippen molar-refractivity contribution in [1.29, 1.82) is 0 Å². The monoisotopic (exact) mass is 1050 g/mol. The second-order valence-electron chi connectivity index (χ2n) is 17.9. The number of hydrogen-bond donors (Lipinski definition) is 3. The Morgan fingerprint density at radius 1 is 0.640 bits per heavy atom. The topological polar surface area (TPSA) is 219 Å². The van der Waals surface area contributed by atoms with E-state index in [2.05, 4.69) is 41.3 Å². The molecule has 3 N–H and O–H groups in total. The molecule has 2 atom stereocenters. The molecule has 6 heterocycles. The van der Waals surface area contributed by atoms with Gasteiger partial charge in [0.15, 0.2) is 22.3 Å². The van der Waals surface area contributed by atoms with Crippen LogP contribution >= 0.6 is 0 Å². The van der Waals surface area contributed by atoms with Gasteiger partial charge in [-0.15, -0.1) is 26.3 Å². The lowest BCUT2D eigenvalue weighted by Gasteiger charge is -2.12. The fourth-order valence-electron chi connectivity index (χ4n) is 7.82. The van der Waals surface area contributed by atoms with Gasteiger partial charge in [-0.3, -0.25) is 38.2 Å². The molecule has 0 spiro atoms. The summed E-state index contributed by atoms with van der Waals surface area (Å²) >= 11 is 0. The molecule has 0 aliphatic heterocycles. The van der Waals surface area contributed by atoms with E-state index >= 15 is 0 Å². The number of imidazole rings is 2. The van der Waals surface area contributed by atoms with Crippen molar-refractivity contribution < 1.29 is 46.0 Å². The number of fused-ring (bicyclic) bond motifs is 2. The van der Waals surface area contributed by atoms with Crippen LogP contribution in [-0.2, 0) is 46.6 Å². The maximum atomic E-state index is 13.5. The first-order chi connectivity index (χ1) is 35.3. The van der Waals surface area contributed by atoms with Crippen LogP contribution in [0.5, 0.6) is 11.5 Å². The molecule has 2 aromatic carbocycles. The number of alkyl halides is 6. The van der Waals surface area contributed by atoms with Crippen LogP contribution in [-0.4, -0.2) is 82.9 Å². The average Bonchev–Trinajstić information content (AvgIpc) is 3.86. The Kier molecular flexibility index (Phi) is 18.1. The Morgan fingerprint density at radius 3 is 1.52 bits per heavy atom. The summed E-state index contributed by atoms with van der Waals surface area (Å²) in [6.45, 7) is 9.57. The Balaban J connectivity index is 0.000000222. The highest BCUT2D eigenvalue weighted by molar-refractivity contribution is 5.72. The minimum atomic E-state index is -4.84. The van der Waals surface area contributed by atoms with E-state index in [4.69, 9.17) is 5.11 Å². The van der Waals surface area contributed by atoms with Gasteiger partial charge < -0.3 is 28.8 Å². The number of aliphatic hydroxyl groups excluding tert-OH is 2. The van der Waals surface area contributed by atoms with E-state index in [0.717, 1.165) is 28.5 Å². The van der Waals surface area contributed by atoms with Crippen LogP contribution in [0.3, 0.4) is 0 Å². The number of halogens is 6. The number of aryl methyl sites for hydroxylation is 4. The minimum absolute atomic E-state index is 0.0131. The largest absolute Gasteiger partial charge is 0.573 e. The van der Waals surface area contributed by atoms with Gasteiger partial charge >= 0.3 is 24.1 Å². The van der Waals surface area contributed by atoms with Gasteiger partial charge in [-0.2, -0.15) is 0 Å². The van der Waals surface area contributed by atoms with Gasteiger partial charge in [0.05, 0.1) is 36.7 Å². The van der Waals surface area contributed by atoms with Crippen molar-refractivity contribution in [2.75, 3.05) is 0 Å². The number of H-pyrrole nitrogens is 1. The standard InChI is InChI=1S/C25H26F3N5O4.C21H18F3N5O3.C5H12O/c1-15-7-8-18(29-13-15)14-33-20(12-17-5-4-6-19(11-17)37-25(26,27)28)30-22-21(33)23(35)32(10-9-16(2)34)24(36)31(22)3;1-12-6-7-14(25-10-12)11-29-16(26-18-17(29)19(30)27-20(31)28(18)2)9-13-4-3-5-15(8-13)32-21(22,23)24;1-3-4-5(2)6/h4-8,11,13,16,34H,9-10,12,14H2,1-3H3;3-8,10H,9,11H2,1-2H3,(H,27,30,31);5-6H,3-4H2,1-2H3. The fourth-order valence-corrected chi connectivity index (χ4v) is 7.82. The van der Waals surface area contributed by atoms with Gasteiger partial charge in [-0.1, -0.05) is 49.7 Å². The van der Waals surface area contributed by atoms with Crippen molar-refractivity contribution in [1.82, 2.24) is 47.8 Å². The third-order valence-corrected chi connectivity index (χ3v) is 11.4. The van der Waals surface area contributed by atoms with Crippen molar-refractivity contribution in [3.63, 3.8) is 0 Å². The van der Waals surface area contributed by atoms with Gasteiger partial charge in [-0.05, 0) is 99.2 Å². The molecule has 0 amide bonds. The van der Waals surface area contributed by atoms with Crippen molar-refractivity contribution in [3.05, 3.63) is 172 Å². The van der Waals surface area contributed by atoms with Crippen LogP contribution in [0.15, 0.2) is 104 Å². The molecule has 6 aromatic heterocycles. The summed E-state index contributed by atoms with van der Waals surface area (Å²) in [4.78, 5) is 71.1. The zero-order valence-electron chi connectivity index (χ0n) is 42.0. The van der Waals surface area contributed by atoms with Crippen molar-refractivity contribution in [2.24, 2.45) is 14.1 Å². The zero-order valence-corrected chi connectivity index (χ0v) is 42.0. The fraction of sp³-hybridized carbons (Fsp3) is 0.373. The number of pyridine rings is 2. The molecule has 2 unspecified atom stereocenters. The number of aliphatic hydroxyl groups is 2. The molecule has 0 saturated carbocycles. The van der Waals surface area contributed by atoms with E-state index in [-0.39, 0.29) is 78.8 Å². The Labute approximate surface area is 424 Å². The summed E-state index contributed by atoms with van der Waals surface area (Å²) < 4.78 is 90.7. The lowest BCUT2D eigenvalue weighted by molar-refractivity contribution is -0.275. The van der Waals surface area contributed by atoms with Crippen molar-refractivity contribution >= 4 is 22.3 Å². The SMILES string of the molecule is CCCC(C)O.Cc1ccc(Cn2c(Cc3cccc(OC(F)(F)F)c3)nc3c2c(=O)[nH]c(=O)n3C)nc1.Cc1ccc(Cn2c(Cc3cccc(OC(F)(F)F)c3)nc3c2c(=O)n(CCC(C)O)c(=O)n3C)nc1. The number of rotatable bonds is 15. The van der Waals surface area contributed by atoms with Crippen molar-refractivity contribution in [3.8, 4) is 11.5 Å². The second-order valence-corrected chi connectivity index (χ2v) is 17.9. The summed E-state index contributed by atoms with van der Waals surface area (Å²) in [6.07, 6.45) is -4.71. The van der Waals surface area contributed by atoms with Gasteiger partial charge in [0.2, 0.25) is 0 Å². The molecule has 0 fully saturated rings. The number of nitrogens with zero attached hydrogens (tertiary/aromatic N) is 9. The smallest absolute Gasteiger partial charge is 0.406 e. The quantitative estimate of drug-likeness (QED) is 0.0910. The number of hydrogen-bond acceptors (Lipinski definition) is 12. The van der Waals surface area contributed by atoms with Crippen LogP contribution in [0.1, 0.15) is 85.3 Å². The molecule has 18 nitrogen and oxygen atoms in total. The molecule has 0 aliphatic rings. The average molecular weight is 1050 g/mol. The zero-order chi connectivity index (χ0) is 54.9. The molecule has 0 bridgehead atoms. The summed E-state index contributed by atoms with van der Waals surface area (Å²) in [7, 11) is 2.97. The molecule has 8 rings (SSSR count). The molecular formula is C51H56F6N10O8. The normalized spacial score (nSPS) is 12.5. The molecule has 8 aromatic rings. The van der Waals surface area contributed by atoms with Gasteiger partial charge in [-0.25, -0.2) is 19.6 Å².